The van der Waals surface area contributed by atoms with Gasteiger partial charge in [-0.2, -0.15) is 0 Å². The Labute approximate surface area is 111 Å². The Morgan fingerprint density at radius 2 is 2.06 bits per heavy atom. The molecule has 0 radical (unpaired) electrons. The van der Waals surface area contributed by atoms with Gasteiger partial charge in [-0.05, 0) is 53.8 Å². The van der Waals surface area contributed by atoms with Crippen LogP contribution in [-0.2, 0) is 4.74 Å². The normalized spacial score (nSPS) is 10.2. The number of carbonyl (C=O) groups is 1. The van der Waals surface area contributed by atoms with Gasteiger partial charge in [-0.1, -0.05) is 0 Å². The van der Waals surface area contributed by atoms with E-state index in [0.29, 0.717) is 5.89 Å². The van der Waals surface area contributed by atoms with Gasteiger partial charge < -0.3 is 9.15 Å². The van der Waals surface area contributed by atoms with Crippen LogP contribution in [0.2, 0.25) is 0 Å². The fourth-order valence-electron chi connectivity index (χ4n) is 1.21. The summed E-state index contributed by atoms with van der Waals surface area (Å²) in [6.45, 7) is 1.99. The van der Waals surface area contributed by atoms with Crippen molar-refractivity contribution in [2.24, 2.45) is 0 Å². The first-order valence-electron chi connectivity index (χ1n) is 4.97. The Morgan fingerprint density at radius 3 is 2.71 bits per heavy atom. The predicted octanol–water partition coefficient (Wildman–Crippen LogP) is 2.52. The molecule has 0 unspecified atom stereocenters. The largest absolute Gasteiger partial charge is 0.459 e. The van der Waals surface area contributed by atoms with Crippen molar-refractivity contribution >= 4 is 28.6 Å². The van der Waals surface area contributed by atoms with Crippen LogP contribution in [0.1, 0.15) is 17.6 Å². The highest BCUT2D eigenvalue weighted by atomic mass is 127. The summed E-state index contributed by atoms with van der Waals surface area (Å²) >= 11 is 2.20. The number of ether oxygens (including phenoxy) is 1. The lowest BCUT2D eigenvalue weighted by atomic mass is 10.2. The van der Waals surface area contributed by atoms with Gasteiger partial charge in [0.2, 0.25) is 5.89 Å². The van der Waals surface area contributed by atoms with Gasteiger partial charge >= 0.3 is 11.9 Å². The number of rotatable bonds is 3. The van der Waals surface area contributed by atoms with Crippen molar-refractivity contribution in [2.75, 3.05) is 6.61 Å². The van der Waals surface area contributed by atoms with Crippen LogP contribution in [-0.4, -0.2) is 22.8 Å². The van der Waals surface area contributed by atoms with E-state index in [4.69, 9.17) is 9.15 Å². The molecule has 1 aromatic carbocycles. The van der Waals surface area contributed by atoms with Gasteiger partial charge in [0.15, 0.2) is 0 Å². The first-order chi connectivity index (χ1) is 8.20. The zero-order chi connectivity index (χ0) is 12.3. The molecule has 0 fully saturated rings. The van der Waals surface area contributed by atoms with Crippen LogP contribution in [0.4, 0.5) is 0 Å². The Morgan fingerprint density at radius 1 is 1.35 bits per heavy atom. The van der Waals surface area contributed by atoms with Crippen LogP contribution in [0.15, 0.2) is 28.7 Å². The Balaban J connectivity index is 2.23. The molecule has 88 valence electrons. The van der Waals surface area contributed by atoms with Crippen LogP contribution in [0.25, 0.3) is 11.5 Å². The molecular weight excluding hydrogens is 335 g/mol. The van der Waals surface area contributed by atoms with Gasteiger partial charge in [-0.25, -0.2) is 4.79 Å². The van der Waals surface area contributed by atoms with Crippen LogP contribution >= 0.6 is 22.6 Å². The zero-order valence-electron chi connectivity index (χ0n) is 9.01. The predicted molar refractivity (Wildman–Crippen MR) is 68.4 cm³/mol. The molecule has 2 rings (SSSR count). The second kappa shape index (κ2) is 5.26. The van der Waals surface area contributed by atoms with E-state index in [-0.39, 0.29) is 12.5 Å². The third-order valence-electron chi connectivity index (χ3n) is 1.97. The Bertz CT molecular complexity index is 522. The molecule has 2 aromatic rings. The van der Waals surface area contributed by atoms with Gasteiger partial charge in [0.1, 0.15) is 0 Å². The molecule has 0 aliphatic carbocycles. The number of nitrogens with zero attached hydrogens (tertiary/aromatic N) is 2. The Kier molecular flexibility index (Phi) is 3.72. The van der Waals surface area contributed by atoms with E-state index in [0.717, 1.165) is 9.13 Å². The molecule has 1 aromatic heterocycles. The van der Waals surface area contributed by atoms with E-state index < -0.39 is 5.97 Å². The molecule has 1 heterocycles. The average molecular weight is 344 g/mol. The lowest BCUT2D eigenvalue weighted by molar-refractivity contribution is 0.0481. The maximum atomic E-state index is 11.3. The highest BCUT2D eigenvalue weighted by molar-refractivity contribution is 14.1. The highest BCUT2D eigenvalue weighted by Gasteiger charge is 2.16. The number of esters is 1. The van der Waals surface area contributed by atoms with E-state index in [1.54, 1.807) is 6.92 Å². The molecular formula is C11H9IN2O3. The number of halogens is 1. The van der Waals surface area contributed by atoms with Gasteiger partial charge in [-0.3, -0.25) is 0 Å². The van der Waals surface area contributed by atoms with Crippen molar-refractivity contribution in [2.45, 2.75) is 6.92 Å². The van der Waals surface area contributed by atoms with E-state index in [1.165, 1.54) is 0 Å². The maximum Gasteiger partial charge on any atom is 0.396 e. The van der Waals surface area contributed by atoms with Gasteiger partial charge in [0.25, 0.3) is 0 Å². The molecule has 0 amide bonds. The lowest BCUT2D eigenvalue weighted by Crippen LogP contribution is -2.04. The van der Waals surface area contributed by atoms with Crippen molar-refractivity contribution in [3.05, 3.63) is 33.7 Å². The SMILES string of the molecule is CCOC(=O)c1nnc(-c2ccc(I)cc2)o1. The minimum absolute atomic E-state index is 0.125. The van der Waals surface area contributed by atoms with E-state index in [2.05, 4.69) is 32.8 Å². The smallest absolute Gasteiger partial charge is 0.396 e. The van der Waals surface area contributed by atoms with E-state index >= 15 is 0 Å². The number of hydrogen-bond donors (Lipinski definition) is 0. The van der Waals surface area contributed by atoms with Crippen molar-refractivity contribution in [1.29, 1.82) is 0 Å². The summed E-state index contributed by atoms with van der Waals surface area (Å²) in [5, 5.41) is 7.44. The van der Waals surface area contributed by atoms with Crippen molar-refractivity contribution in [3.63, 3.8) is 0 Å². The quantitative estimate of drug-likeness (QED) is 0.632. The third-order valence-corrected chi connectivity index (χ3v) is 2.69. The van der Waals surface area contributed by atoms with Gasteiger partial charge in [0.05, 0.1) is 6.61 Å². The number of hydrogen-bond acceptors (Lipinski definition) is 5. The standard InChI is InChI=1S/C11H9IN2O3/c1-2-16-11(15)10-14-13-9(17-10)7-3-5-8(12)6-4-7/h3-6H,2H2,1H3. The minimum atomic E-state index is -0.600. The van der Waals surface area contributed by atoms with Crippen molar-refractivity contribution in [3.8, 4) is 11.5 Å². The highest BCUT2D eigenvalue weighted by Crippen LogP contribution is 2.19. The number of aromatic nitrogens is 2. The molecule has 6 heteroatoms. The molecule has 5 nitrogen and oxygen atoms in total. The molecule has 0 atom stereocenters. The molecule has 0 N–H and O–H groups in total. The molecule has 0 aliphatic rings. The summed E-state index contributed by atoms with van der Waals surface area (Å²) in [4.78, 5) is 11.3. The summed E-state index contributed by atoms with van der Waals surface area (Å²) in [6, 6.07) is 7.54. The molecule has 0 saturated heterocycles. The fourth-order valence-corrected chi connectivity index (χ4v) is 1.57. The molecule has 0 aliphatic heterocycles. The van der Waals surface area contributed by atoms with E-state index in [9.17, 15) is 4.79 Å². The number of carbonyl (C=O) groups excluding carboxylic acids is 1. The third kappa shape index (κ3) is 2.82. The Hall–Kier alpha value is -1.44. The van der Waals surface area contributed by atoms with Crippen molar-refractivity contribution in [1.82, 2.24) is 10.2 Å². The number of benzene rings is 1. The summed E-state index contributed by atoms with van der Waals surface area (Å²) in [6.07, 6.45) is 0. The van der Waals surface area contributed by atoms with Gasteiger partial charge in [0, 0.05) is 9.13 Å². The zero-order valence-corrected chi connectivity index (χ0v) is 11.2. The fraction of sp³-hybridized carbons (Fsp3) is 0.182. The first-order valence-corrected chi connectivity index (χ1v) is 6.05. The molecule has 17 heavy (non-hydrogen) atoms. The summed E-state index contributed by atoms with van der Waals surface area (Å²) < 4.78 is 11.1. The maximum absolute atomic E-state index is 11.3. The van der Waals surface area contributed by atoms with Crippen LogP contribution in [0, 0.1) is 3.57 Å². The summed E-state index contributed by atoms with van der Waals surface area (Å²) in [7, 11) is 0. The molecule has 0 saturated carbocycles. The van der Waals surface area contributed by atoms with Crippen molar-refractivity contribution < 1.29 is 13.9 Å². The van der Waals surface area contributed by atoms with E-state index in [1.807, 2.05) is 24.3 Å². The molecule has 0 spiro atoms. The first kappa shape index (κ1) is 12.0. The lowest BCUT2D eigenvalue weighted by Gasteiger charge is -1.95. The van der Waals surface area contributed by atoms with Crippen LogP contribution in [0.3, 0.4) is 0 Å². The minimum Gasteiger partial charge on any atom is -0.459 e. The topological polar surface area (TPSA) is 65.2 Å². The summed E-state index contributed by atoms with van der Waals surface area (Å²) in [5.41, 5.74) is 0.772. The second-order valence-corrected chi connectivity index (χ2v) is 4.39. The molecule has 0 bridgehead atoms. The second-order valence-electron chi connectivity index (χ2n) is 3.14. The van der Waals surface area contributed by atoms with Crippen LogP contribution < -0.4 is 0 Å². The van der Waals surface area contributed by atoms with Gasteiger partial charge in [-0.15, -0.1) is 10.2 Å². The monoisotopic (exact) mass is 344 g/mol. The average Bonchev–Trinajstić information content (AvgIpc) is 2.80. The summed E-state index contributed by atoms with van der Waals surface area (Å²) in [5.74, 6) is -0.415. The van der Waals surface area contributed by atoms with Crippen LogP contribution in [0.5, 0.6) is 0 Å².